The van der Waals surface area contributed by atoms with Crippen LogP contribution in [0, 0.1) is 5.92 Å². The summed E-state index contributed by atoms with van der Waals surface area (Å²) < 4.78 is 16.2. The first-order chi connectivity index (χ1) is 10.2. The first-order valence-corrected chi connectivity index (χ1v) is 7.71. The highest BCUT2D eigenvalue weighted by Gasteiger charge is 2.21. The van der Waals surface area contributed by atoms with Crippen molar-refractivity contribution in [3.05, 3.63) is 17.7 Å². The van der Waals surface area contributed by atoms with E-state index in [1.165, 1.54) is 25.7 Å². The van der Waals surface area contributed by atoms with Crippen LogP contribution in [-0.4, -0.2) is 27.4 Å². The van der Waals surface area contributed by atoms with Crippen molar-refractivity contribution in [1.82, 2.24) is 5.32 Å². The lowest BCUT2D eigenvalue weighted by atomic mass is 9.86. The molecule has 1 aromatic rings. The largest absolute Gasteiger partial charge is 0.493 e. The van der Waals surface area contributed by atoms with Crippen LogP contribution in [0.1, 0.15) is 38.2 Å². The van der Waals surface area contributed by atoms with Crippen molar-refractivity contribution >= 4 is 0 Å². The second kappa shape index (κ2) is 7.55. The predicted molar refractivity (Wildman–Crippen MR) is 84.4 cm³/mol. The van der Waals surface area contributed by atoms with Crippen LogP contribution in [-0.2, 0) is 6.54 Å². The molecule has 118 valence electrons. The van der Waals surface area contributed by atoms with Crippen LogP contribution in [0.4, 0.5) is 0 Å². The zero-order valence-corrected chi connectivity index (χ0v) is 13.6. The number of rotatable bonds is 6. The predicted octanol–water partition coefficient (Wildman–Crippen LogP) is 3.38. The third kappa shape index (κ3) is 3.82. The van der Waals surface area contributed by atoms with Gasteiger partial charge in [0.2, 0.25) is 5.75 Å². The van der Waals surface area contributed by atoms with Crippen LogP contribution >= 0.6 is 0 Å². The van der Waals surface area contributed by atoms with Gasteiger partial charge >= 0.3 is 0 Å². The summed E-state index contributed by atoms with van der Waals surface area (Å²) in [6.07, 6.45) is 5.29. The van der Waals surface area contributed by atoms with Gasteiger partial charge in [0.15, 0.2) is 11.5 Å². The maximum Gasteiger partial charge on any atom is 0.203 e. The number of hydrogen-bond acceptors (Lipinski definition) is 4. The Morgan fingerprint density at radius 3 is 2.14 bits per heavy atom. The molecule has 1 N–H and O–H groups in total. The second-order valence-electron chi connectivity index (χ2n) is 5.78. The fraction of sp³-hybridized carbons (Fsp3) is 0.647. The van der Waals surface area contributed by atoms with Crippen LogP contribution < -0.4 is 19.5 Å². The molecule has 0 radical (unpaired) electrons. The summed E-state index contributed by atoms with van der Waals surface area (Å²) in [7, 11) is 4.93. The van der Waals surface area contributed by atoms with Crippen molar-refractivity contribution in [3.63, 3.8) is 0 Å². The highest BCUT2D eigenvalue weighted by atomic mass is 16.5. The van der Waals surface area contributed by atoms with Crippen LogP contribution in [0.2, 0.25) is 0 Å². The molecule has 1 aliphatic rings. The Labute approximate surface area is 127 Å². The highest BCUT2D eigenvalue weighted by molar-refractivity contribution is 5.53. The first kappa shape index (κ1) is 16.0. The molecule has 4 heteroatoms. The molecule has 21 heavy (non-hydrogen) atoms. The van der Waals surface area contributed by atoms with E-state index in [-0.39, 0.29) is 0 Å². The van der Waals surface area contributed by atoms with Gasteiger partial charge in [-0.15, -0.1) is 0 Å². The first-order valence-electron chi connectivity index (χ1n) is 7.71. The molecule has 0 heterocycles. The smallest absolute Gasteiger partial charge is 0.203 e. The van der Waals surface area contributed by atoms with Crippen molar-refractivity contribution in [2.24, 2.45) is 5.92 Å². The standard InChI is InChI=1S/C17H27NO3/c1-12-7-5-6-8-14(12)18-11-13-9-15(19-2)17(21-4)16(10-13)20-3/h9-10,12,14,18H,5-8,11H2,1-4H3. The van der Waals surface area contributed by atoms with E-state index in [0.717, 1.165) is 18.0 Å². The molecular formula is C17H27NO3. The van der Waals surface area contributed by atoms with Crippen LogP contribution in [0.3, 0.4) is 0 Å². The van der Waals surface area contributed by atoms with E-state index in [2.05, 4.69) is 12.2 Å². The number of methoxy groups -OCH3 is 3. The average Bonchev–Trinajstić information content (AvgIpc) is 2.52. The maximum absolute atomic E-state index is 5.40. The molecule has 1 aromatic carbocycles. The summed E-state index contributed by atoms with van der Waals surface area (Å²) in [4.78, 5) is 0. The summed E-state index contributed by atoms with van der Waals surface area (Å²) in [6.45, 7) is 3.16. The Morgan fingerprint density at radius 1 is 1.00 bits per heavy atom. The van der Waals surface area contributed by atoms with Gasteiger partial charge < -0.3 is 19.5 Å². The van der Waals surface area contributed by atoms with Crippen LogP contribution in [0.15, 0.2) is 12.1 Å². The van der Waals surface area contributed by atoms with E-state index in [0.29, 0.717) is 23.3 Å². The normalized spacial score (nSPS) is 21.9. The van der Waals surface area contributed by atoms with Gasteiger partial charge in [0.25, 0.3) is 0 Å². The summed E-state index contributed by atoms with van der Waals surface area (Å²) in [6, 6.07) is 4.64. The molecule has 0 aliphatic heterocycles. The summed E-state index contributed by atoms with van der Waals surface area (Å²) in [5, 5.41) is 3.68. The van der Waals surface area contributed by atoms with Gasteiger partial charge in [-0.3, -0.25) is 0 Å². The number of hydrogen-bond donors (Lipinski definition) is 1. The van der Waals surface area contributed by atoms with E-state index in [9.17, 15) is 0 Å². The van der Waals surface area contributed by atoms with Crippen molar-refractivity contribution in [2.45, 2.75) is 45.2 Å². The lowest BCUT2D eigenvalue weighted by Gasteiger charge is -2.29. The van der Waals surface area contributed by atoms with Gasteiger partial charge in [0, 0.05) is 12.6 Å². The quantitative estimate of drug-likeness (QED) is 0.873. The Kier molecular flexibility index (Phi) is 5.74. The second-order valence-corrected chi connectivity index (χ2v) is 5.78. The van der Waals surface area contributed by atoms with Crippen LogP contribution in [0.25, 0.3) is 0 Å². The molecule has 0 bridgehead atoms. The molecular weight excluding hydrogens is 266 g/mol. The van der Waals surface area contributed by atoms with E-state index in [1.807, 2.05) is 12.1 Å². The lowest BCUT2D eigenvalue weighted by molar-refractivity contribution is 0.279. The minimum absolute atomic E-state index is 0.609. The molecule has 1 saturated carbocycles. The van der Waals surface area contributed by atoms with Gasteiger partial charge in [-0.05, 0) is 36.5 Å². The van der Waals surface area contributed by atoms with Gasteiger partial charge in [-0.1, -0.05) is 19.8 Å². The number of nitrogens with one attached hydrogen (secondary N) is 1. The fourth-order valence-electron chi connectivity index (χ4n) is 3.11. The molecule has 0 spiro atoms. The van der Waals surface area contributed by atoms with E-state index >= 15 is 0 Å². The van der Waals surface area contributed by atoms with Gasteiger partial charge in [0.1, 0.15) is 0 Å². The molecule has 0 aromatic heterocycles. The van der Waals surface area contributed by atoms with Gasteiger partial charge in [-0.25, -0.2) is 0 Å². The van der Waals surface area contributed by atoms with Gasteiger partial charge in [-0.2, -0.15) is 0 Å². The maximum atomic E-state index is 5.40. The van der Waals surface area contributed by atoms with Crippen molar-refractivity contribution in [2.75, 3.05) is 21.3 Å². The van der Waals surface area contributed by atoms with E-state index in [4.69, 9.17) is 14.2 Å². The molecule has 2 rings (SSSR count). The Bertz CT molecular complexity index is 436. The molecule has 0 amide bonds. The van der Waals surface area contributed by atoms with Gasteiger partial charge in [0.05, 0.1) is 21.3 Å². The topological polar surface area (TPSA) is 39.7 Å². The monoisotopic (exact) mass is 293 g/mol. The van der Waals surface area contributed by atoms with Crippen molar-refractivity contribution in [1.29, 1.82) is 0 Å². The Morgan fingerprint density at radius 2 is 1.62 bits per heavy atom. The molecule has 1 fully saturated rings. The Hall–Kier alpha value is -1.42. The van der Waals surface area contributed by atoms with Crippen molar-refractivity contribution in [3.8, 4) is 17.2 Å². The van der Waals surface area contributed by atoms with Crippen molar-refractivity contribution < 1.29 is 14.2 Å². The number of benzene rings is 1. The van der Waals surface area contributed by atoms with Crippen LogP contribution in [0.5, 0.6) is 17.2 Å². The minimum atomic E-state index is 0.609. The molecule has 0 saturated heterocycles. The highest BCUT2D eigenvalue weighted by Crippen LogP contribution is 2.38. The molecule has 2 unspecified atom stereocenters. The fourth-order valence-corrected chi connectivity index (χ4v) is 3.11. The Balaban J connectivity index is 2.09. The molecule has 2 atom stereocenters. The summed E-state index contributed by atoms with van der Waals surface area (Å²) in [5.41, 5.74) is 1.15. The molecule has 4 nitrogen and oxygen atoms in total. The zero-order valence-electron chi connectivity index (χ0n) is 13.6. The average molecular weight is 293 g/mol. The lowest BCUT2D eigenvalue weighted by Crippen LogP contribution is -2.36. The third-order valence-corrected chi connectivity index (χ3v) is 4.40. The van der Waals surface area contributed by atoms with E-state index < -0.39 is 0 Å². The SMILES string of the molecule is COc1cc(CNC2CCCCC2C)cc(OC)c1OC. The number of ether oxygens (including phenoxy) is 3. The minimum Gasteiger partial charge on any atom is -0.493 e. The van der Waals surface area contributed by atoms with E-state index in [1.54, 1.807) is 21.3 Å². The zero-order chi connectivity index (χ0) is 15.2. The summed E-state index contributed by atoms with van der Waals surface area (Å²) >= 11 is 0. The molecule has 1 aliphatic carbocycles. The third-order valence-electron chi connectivity index (χ3n) is 4.40. The summed E-state index contributed by atoms with van der Waals surface area (Å²) in [5.74, 6) is 2.83.